The third-order valence-corrected chi connectivity index (χ3v) is 2.65. The fourth-order valence-corrected chi connectivity index (χ4v) is 1.57. The molecule has 2 atom stereocenters. The number of carbonyl (C=O) groups excluding carboxylic acids is 1. The molecule has 1 nitrogen and oxygen atoms in total. The Morgan fingerprint density at radius 3 is 2.44 bits per heavy atom. The van der Waals surface area contributed by atoms with E-state index < -0.39 is 0 Å². The first kappa shape index (κ1) is 15.2. The van der Waals surface area contributed by atoms with E-state index in [0.717, 1.165) is 6.42 Å². The van der Waals surface area contributed by atoms with Crippen LogP contribution in [0, 0.1) is 11.8 Å². The Labute approximate surface area is 101 Å². The highest BCUT2D eigenvalue weighted by atomic mass is 16.1. The summed E-state index contributed by atoms with van der Waals surface area (Å²) in [4.78, 5) is 10.00. The highest BCUT2D eigenvalue weighted by Gasteiger charge is 1.96. The third kappa shape index (κ3) is 9.70. The van der Waals surface area contributed by atoms with Crippen molar-refractivity contribution in [3.63, 3.8) is 0 Å². The molecule has 0 aromatic rings. The molecule has 0 N–H and O–H groups in total. The first-order valence-electron chi connectivity index (χ1n) is 6.39. The second-order valence-corrected chi connectivity index (χ2v) is 4.54. The SMILES string of the molecule is CCCCC(C)C=CCC(C)C=CC[C]=O. The van der Waals surface area contributed by atoms with Crippen molar-refractivity contribution in [3.05, 3.63) is 24.3 Å². The standard InChI is InChI=1S/C15H25O/c1-4-5-9-14(2)11-8-12-15(3)10-6-7-13-16/h6,8,10-11,14-15H,4-5,7,9,12H2,1-3H3. The van der Waals surface area contributed by atoms with Crippen LogP contribution < -0.4 is 0 Å². The molecule has 0 aliphatic rings. The van der Waals surface area contributed by atoms with E-state index in [9.17, 15) is 4.79 Å². The monoisotopic (exact) mass is 221 g/mol. The van der Waals surface area contributed by atoms with Crippen molar-refractivity contribution in [2.75, 3.05) is 0 Å². The van der Waals surface area contributed by atoms with Gasteiger partial charge in [0.05, 0.1) is 0 Å². The number of unbranched alkanes of at least 4 members (excludes halogenated alkanes) is 1. The van der Waals surface area contributed by atoms with Crippen LogP contribution in [0.1, 0.15) is 52.9 Å². The fourth-order valence-electron chi connectivity index (χ4n) is 1.57. The first-order chi connectivity index (χ1) is 7.70. The van der Waals surface area contributed by atoms with Gasteiger partial charge in [-0.05, 0) is 24.7 Å². The molecule has 0 aliphatic heterocycles. The van der Waals surface area contributed by atoms with Crippen LogP contribution in [0.5, 0.6) is 0 Å². The Morgan fingerprint density at radius 2 is 1.81 bits per heavy atom. The van der Waals surface area contributed by atoms with Gasteiger partial charge in [-0.1, -0.05) is 57.9 Å². The summed E-state index contributed by atoms with van der Waals surface area (Å²) >= 11 is 0. The van der Waals surface area contributed by atoms with Crippen LogP contribution in [0.3, 0.4) is 0 Å². The maximum absolute atomic E-state index is 10.00. The highest BCUT2D eigenvalue weighted by molar-refractivity contribution is 5.52. The summed E-state index contributed by atoms with van der Waals surface area (Å²) in [7, 11) is 0. The van der Waals surface area contributed by atoms with Crippen LogP contribution in [0.4, 0.5) is 0 Å². The summed E-state index contributed by atoms with van der Waals surface area (Å²) in [6.45, 7) is 6.67. The van der Waals surface area contributed by atoms with E-state index in [0.29, 0.717) is 18.3 Å². The van der Waals surface area contributed by atoms with Gasteiger partial charge in [-0.3, -0.25) is 4.79 Å². The van der Waals surface area contributed by atoms with Gasteiger partial charge in [0.15, 0.2) is 0 Å². The van der Waals surface area contributed by atoms with Crippen LogP contribution in [0.25, 0.3) is 0 Å². The van der Waals surface area contributed by atoms with E-state index in [4.69, 9.17) is 0 Å². The molecule has 91 valence electrons. The van der Waals surface area contributed by atoms with Crippen LogP contribution in [-0.4, -0.2) is 6.29 Å². The first-order valence-corrected chi connectivity index (χ1v) is 6.39. The summed E-state index contributed by atoms with van der Waals surface area (Å²) in [5, 5.41) is 0. The van der Waals surface area contributed by atoms with E-state index in [1.807, 2.05) is 12.4 Å². The fraction of sp³-hybridized carbons (Fsp3) is 0.667. The molecule has 0 heterocycles. The molecule has 0 spiro atoms. The van der Waals surface area contributed by atoms with Gasteiger partial charge in [0, 0.05) is 6.42 Å². The average Bonchev–Trinajstić information content (AvgIpc) is 2.26. The molecule has 1 radical (unpaired) electrons. The predicted molar refractivity (Wildman–Crippen MR) is 71.1 cm³/mol. The summed E-state index contributed by atoms with van der Waals surface area (Å²) in [5.41, 5.74) is 0. The zero-order valence-electron chi connectivity index (χ0n) is 10.9. The molecule has 1 heteroatoms. The molecule has 0 amide bonds. The minimum absolute atomic E-state index is 0.418. The third-order valence-electron chi connectivity index (χ3n) is 2.65. The number of hydrogen-bond acceptors (Lipinski definition) is 1. The van der Waals surface area contributed by atoms with Gasteiger partial charge in [-0.25, -0.2) is 0 Å². The molecule has 0 aromatic carbocycles. The van der Waals surface area contributed by atoms with Gasteiger partial charge in [0.2, 0.25) is 6.29 Å². The van der Waals surface area contributed by atoms with Crippen molar-refractivity contribution >= 4 is 6.29 Å². The Bertz CT molecular complexity index is 215. The summed E-state index contributed by atoms with van der Waals surface area (Å²) < 4.78 is 0. The van der Waals surface area contributed by atoms with Crippen molar-refractivity contribution in [2.24, 2.45) is 11.8 Å². The van der Waals surface area contributed by atoms with Gasteiger partial charge in [-0.2, -0.15) is 0 Å². The molecule has 0 aliphatic carbocycles. The lowest BCUT2D eigenvalue weighted by Crippen LogP contribution is -1.91. The maximum atomic E-state index is 10.00. The van der Waals surface area contributed by atoms with Gasteiger partial charge in [0.1, 0.15) is 0 Å². The smallest absolute Gasteiger partial charge is 0.202 e. The van der Waals surface area contributed by atoms with Crippen molar-refractivity contribution in [1.82, 2.24) is 0 Å². The summed E-state index contributed by atoms with van der Waals surface area (Å²) in [5.74, 6) is 1.21. The minimum Gasteiger partial charge on any atom is -0.291 e. The van der Waals surface area contributed by atoms with E-state index in [-0.39, 0.29) is 0 Å². The van der Waals surface area contributed by atoms with Crippen LogP contribution >= 0.6 is 0 Å². The van der Waals surface area contributed by atoms with E-state index in [1.165, 1.54) is 19.3 Å². The molecule has 0 aromatic heterocycles. The molecule has 0 bridgehead atoms. The topological polar surface area (TPSA) is 17.1 Å². The molecule has 0 saturated carbocycles. The Kier molecular flexibility index (Phi) is 10.1. The molecule has 0 rings (SSSR count). The molecular formula is C15H25O. The normalized spacial score (nSPS) is 15.7. The van der Waals surface area contributed by atoms with Gasteiger partial charge in [-0.15, -0.1) is 0 Å². The Balaban J connectivity index is 3.68. The Morgan fingerprint density at radius 1 is 1.12 bits per heavy atom. The lowest BCUT2D eigenvalue weighted by Gasteiger charge is -2.05. The van der Waals surface area contributed by atoms with Gasteiger partial charge >= 0.3 is 0 Å². The zero-order valence-corrected chi connectivity index (χ0v) is 10.9. The van der Waals surface area contributed by atoms with Gasteiger partial charge in [0.25, 0.3) is 0 Å². The van der Waals surface area contributed by atoms with Gasteiger partial charge < -0.3 is 0 Å². The summed E-state index contributed by atoms with van der Waals surface area (Å²) in [6.07, 6.45) is 15.8. The van der Waals surface area contributed by atoms with Crippen molar-refractivity contribution < 1.29 is 4.79 Å². The van der Waals surface area contributed by atoms with Crippen molar-refractivity contribution in [1.29, 1.82) is 0 Å². The van der Waals surface area contributed by atoms with Crippen molar-refractivity contribution in [3.8, 4) is 0 Å². The lowest BCUT2D eigenvalue weighted by molar-refractivity contribution is 0.556. The maximum Gasteiger partial charge on any atom is 0.202 e. The highest BCUT2D eigenvalue weighted by Crippen LogP contribution is 2.11. The molecule has 0 saturated heterocycles. The average molecular weight is 221 g/mol. The van der Waals surface area contributed by atoms with Crippen LogP contribution in [-0.2, 0) is 4.79 Å². The second kappa shape index (κ2) is 10.7. The van der Waals surface area contributed by atoms with Crippen LogP contribution in [0.2, 0.25) is 0 Å². The molecule has 2 unspecified atom stereocenters. The Hall–Kier alpha value is -0.850. The van der Waals surface area contributed by atoms with E-state index in [2.05, 4.69) is 39.0 Å². The second-order valence-electron chi connectivity index (χ2n) is 4.54. The number of rotatable bonds is 9. The number of hydrogen-bond donors (Lipinski definition) is 0. The van der Waals surface area contributed by atoms with E-state index >= 15 is 0 Å². The predicted octanol–water partition coefficient (Wildman–Crippen LogP) is 4.45. The molecule has 16 heavy (non-hydrogen) atoms. The lowest BCUT2D eigenvalue weighted by atomic mass is 10.0. The van der Waals surface area contributed by atoms with Crippen LogP contribution in [0.15, 0.2) is 24.3 Å². The quantitative estimate of drug-likeness (QED) is 0.526. The molecular weight excluding hydrogens is 196 g/mol. The number of allylic oxidation sites excluding steroid dienone is 4. The van der Waals surface area contributed by atoms with E-state index in [1.54, 1.807) is 0 Å². The molecule has 0 fully saturated rings. The summed E-state index contributed by atoms with van der Waals surface area (Å²) in [6, 6.07) is 0. The largest absolute Gasteiger partial charge is 0.291 e. The minimum atomic E-state index is 0.418. The van der Waals surface area contributed by atoms with Crippen molar-refractivity contribution in [2.45, 2.75) is 52.9 Å². The zero-order chi connectivity index (χ0) is 12.2.